The Hall–Kier alpha value is -1.84. The SMILES string of the molecule is C[C@H]1CCCN(C(=O)COC(=O)c2ccccc2)C1. The van der Waals surface area contributed by atoms with E-state index in [0.29, 0.717) is 11.5 Å². The molecule has 1 amide bonds. The van der Waals surface area contributed by atoms with Crippen LogP contribution >= 0.6 is 0 Å². The van der Waals surface area contributed by atoms with E-state index in [1.807, 2.05) is 6.07 Å². The number of likely N-dealkylation sites (tertiary alicyclic amines) is 1. The predicted octanol–water partition coefficient (Wildman–Crippen LogP) is 2.10. The molecule has 1 heterocycles. The number of rotatable bonds is 3. The zero-order valence-corrected chi connectivity index (χ0v) is 11.2. The van der Waals surface area contributed by atoms with Gasteiger partial charge in [-0.15, -0.1) is 0 Å². The highest BCUT2D eigenvalue weighted by molar-refractivity contribution is 5.91. The first-order chi connectivity index (χ1) is 9.16. The van der Waals surface area contributed by atoms with Crippen molar-refractivity contribution >= 4 is 11.9 Å². The predicted molar refractivity (Wildman–Crippen MR) is 71.7 cm³/mol. The van der Waals surface area contributed by atoms with E-state index in [0.717, 1.165) is 25.9 Å². The van der Waals surface area contributed by atoms with Crippen molar-refractivity contribution in [2.24, 2.45) is 5.92 Å². The average Bonchev–Trinajstić information content (AvgIpc) is 2.45. The van der Waals surface area contributed by atoms with Crippen LogP contribution in [-0.4, -0.2) is 36.5 Å². The van der Waals surface area contributed by atoms with Gasteiger partial charge in [0.25, 0.3) is 5.91 Å². The number of hydrogen-bond donors (Lipinski definition) is 0. The molecule has 19 heavy (non-hydrogen) atoms. The van der Waals surface area contributed by atoms with E-state index < -0.39 is 5.97 Å². The van der Waals surface area contributed by atoms with Crippen LogP contribution in [0.3, 0.4) is 0 Å². The van der Waals surface area contributed by atoms with E-state index in [1.165, 1.54) is 0 Å². The fourth-order valence-electron chi connectivity index (χ4n) is 2.29. The summed E-state index contributed by atoms with van der Waals surface area (Å²) in [6.45, 7) is 3.50. The molecule has 1 aromatic carbocycles. The summed E-state index contributed by atoms with van der Waals surface area (Å²) in [7, 11) is 0. The van der Waals surface area contributed by atoms with Crippen LogP contribution in [0.2, 0.25) is 0 Å². The van der Waals surface area contributed by atoms with Gasteiger partial charge in [0.15, 0.2) is 6.61 Å². The molecule has 0 spiro atoms. The first-order valence-corrected chi connectivity index (χ1v) is 6.67. The van der Waals surface area contributed by atoms with E-state index >= 15 is 0 Å². The molecular formula is C15H19NO3. The number of hydrogen-bond acceptors (Lipinski definition) is 3. The molecule has 102 valence electrons. The van der Waals surface area contributed by atoms with Crippen LogP contribution in [0, 0.1) is 5.92 Å². The third kappa shape index (κ3) is 3.81. The summed E-state index contributed by atoms with van der Waals surface area (Å²) in [5.74, 6) is -0.0163. The van der Waals surface area contributed by atoms with E-state index in [9.17, 15) is 9.59 Å². The van der Waals surface area contributed by atoms with E-state index in [2.05, 4.69) is 6.92 Å². The van der Waals surface area contributed by atoms with E-state index in [4.69, 9.17) is 4.74 Å². The normalized spacial score (nSPS) is 19.0. The number of piperidine rings is 1. The molecule has 1 aliphatic heterocycles. The van der Waals surface area contributed by atoms with Crippen LogP contribution in [0.15, 0.2) is 30.3 Å². The first kappa shape index (κ1) is 13.6. The molecule has 1 atom stereocenters. The van der Waals surface area contributed by atoms with Gasteiger partial charge in [-0.25, -0.2) is 4.79 Å². The van der Waals surface area contributed by atoms with Gasteiger partial charge >= 0.3 is 5.97 Å². The second-order valence-electron chi connectivity index (χ2n) is 5.03. The number of esters is 1. The van der Waals surface area contributed by atoms with Crippen molar-refractivity contribution in [3.05, 3.63) is 35.9 Å². The first-order valence-electron chi connectivity index (χ1n) is 6.67. The summed E-state index contributed by atoms with van der Waals surface area (Å²) in [6, 6.07) is 8.72. The Labute approximate surface area is 113 Å². The Bertz CT molecular complexity index is 444. The molecule has 1 saturated heterocycles. The standard InChI is InChI=1S/C15H19NO3/c1-12-6-5-9-16(10-12)14(17)11-19-15(18)13-7-3-2-4-8-13/h2-4,7-8,12H,5-6,9-11H2,1H3/t12-/m0/s1. The van der Waals surface area contributed by atoms with Crippen molar-refractivity contribution in [2.75, 3.05) is 19.7 Å². The maximum atomic E-state index is 11.9. The molecule has 4 nitrogen and oxygen atoms in total. The molecule has 0 saturated carbocycles. The van der Waals surface area contributed by atoms with Gasteiger partial charge in [-0.2, -0.15) is 0 Å². The summed E-state index contributed by atoms with van der Waals surface area (Å²) in [5.41, 5.74) is 0.474. The van der Waals surface area contributed by atoms with Crippen LogP contribution in [0.25, 0.3) is 0 Å². The van der Waals surface area contributed by atoms with Crippen LogP contribution in [0.1, 0.15) is 30.1 Å². The number of nitrogens with zero attached hydrogens (tertiary/aromatic N) is 1. The molecule has 1 fully saturated rings. The van der Waals surface area contributed by atoms with Gasteiger partial charge in [-0.05, 0) is 30.9 Å². The number of amides is 1. The van der Waals surface area contributed by atoms with Crippen molar-refractivity contribution in [1.82, 2.24) is 4.90 Å². The smallest absolute Gasteiger partial charge is 0.338 e. The van der Waals surface area contributed by atoms with Gasteiger partial charge in [-0.3, -0.25) is 4.79 Å². The lowest BCUT2D eigenvalue weighted by molar-refractivity contribution is -0.136. The summed E-state index contributed by atoms with van der Waals surface area (Å²) in [4.78, 5) is 25.4. The third-order valence-corrected chi connectivity index (χ3v) is 3.35. The van der Waals surface area contributed by atoms with E-state index in [1.54, 1.807) is 29.2 Å². The number of ether oxygens (including phenoxy) is 1. The number of benzene rings is 1. The zero-order chi connectivity index (χ0) is 13.7. The molecule has 0 aliphatic carbocycles. The zero-order valence-electron chi connectivity index (χ0n) is 11.2. The minimum Gasteiger partial charge on any atom is -0.452 e. The second-order valence-corrected chi connectivity index (χ2v) is 5.03. The fraction of sp³-hybridized carbons (Fsp3) is 0.467. The van der Waals surface area contributed by atoms with Crippen molar-refractivity contribution in [2.45, 2.75) is 19.8 Å². The number of carbonyl (C=O) groups excluding carboxylic acids is 2. The Morgan fingerprint density at radius 1 is 1.32 bits per heavy atom. The maximum Gasteiger partial charge on any atom is 0.338 e. The lowest BCUT2D eigenvalue weighted by atomic mass is 10.0. The third-order valence-electron chi connectivity index (χ3n) is 3.35. The van der Waals surface area contributed by atoms with E-state index in [-0.39, 0.29) is 12.5 Å². The van der Waals surface area contributed by atoms with Crippen molar-refractivity contribution < 1.29 is 14.3 Å². The fourth-order valence-corrected chi connectivity index (χ4v) is 2.29. The quantitative estimate of drug-likeness (QED) is 0.783. The molecule has 0 radical (unpaired) electrons. The molecule has 0 N–H and O–H groups in total. The Morgan fingerprint density at radius 3 is 2.74 bits per heavy atom. The highest BCUT2D eigenvalue weighted by atomic mass is 16.5. The highest BCUT2D eigenvalue weighted by Crippen LogP contribution is 2.15. The largest absolute Gasteiger partial charge is 0.452 e. The molecule has 1 aliphatic rings. The molecule has 2 rings (SSSR count). The molecule has 0 aromatic heterocycles. The minimum atomic E-state index is -0.445. The molecule has 0 bridgehead atoms. The summed E-state index contributed by atoms with van der Waals surface area (Å²) >= 11 is 0. The van der Waals surface area contributed by atoms with Gasteiger partial charge in [0.2, 0.25) is 0 Å². The summed E-state index contributed by atoms with van der Waals surface area (Å²) in [5, 5.41) is 0. The average molecular weight is 261 g/mol. The minimum absolute atomic E-state index is 0.101. The highest BCUT2D eigenvalue weighted by Gasteiger charge is 2.21. The molecule has 0 unspecified atom stereocenters. The molecule has 4 heteroatoms. The Morgan fingerprint density at radius 2 is 2.05 bits per heavy atom. The summed E-state index contributed by atoms with van der Waals surface area (Å²) in [6.07, 6.45) is 2.19. The van der Waals surface area contributed by atoms with Gasteiger partial charge in [-0.1, -0.05) is 25.1 Å². The lowest BCUT2D eigenvalue weighted by Gasteiger charge is -2.30. The van der Waals surface area contributed by atoms with Crippen molar-refractivity contribution in [3.8, 4) is 0 Å². The van der Waals surface area contributed by atoms with Gasteiger partial charge in [0, 0.05) is 13.1 Å². The molecule has 1 aromatic rings. The van der Waals surface area contributed by atoms with Crippen LogP contribution in [0.5, 0.6) is 0 Å². The monoisotopic (exact) mass is 261 g/mol. The van der Waals surface area contributed by atoms with Gasteiger partial charge < -0.3 is 9.64 Å². The molecular weight excluding hydrogens is 242 g/mol. The summed E-state index contributed by atoms with van der Waals surface area (Å²) < 4.78 is 5.05. The topological polar surface area (TPSA) is 46.6 Å². The number of carbonyl (C=O) groups is 2. The van der Waals surface area contributed by atoms with Crippen molar-refractivity contribution in [1.29, 1.82) is 0 Å². The van der Waals surface area contributed by atoms with Crippen LogP contribution in [-0.2, 0) is 9.53 Å². The van der Waals surface area contributed by atoms with Crippen molar-refractivity contribution in [3.63, 3.8) is 0 Å². The van der Waals surface area contributed by atoms with Crippen LogP contribution in [0.4, 0.5) is 0 Å². The Balaban J connectivity index is 1.82. The second kappa shape index (κ2) is 6.36. The van der Waals surface area contributed by atoms with Crippen LogP contribution < -0.4 is 0 Å². The maximum absolute atomic E-state index is 11.9. The van der Waals surface area contributed by atoms with Gasteiger partial charge in [0.05, 0.1) is 5.56 Å². The Kier molecular flexibility index (Phi) is 4.55. The van der Waals surface area contributed by atoms with Gasteiger partial charge in [0.1, 0.15) is 0 Å². The lowest BCUT2D eigenvalue weighted by Crippen LogP contribution is -2.41.